The Labute approximate surface area is 165 Å². The van der Waals surface area contributed by atoms with Crippen molar-refractivity contribution in [2.24, 2.45) is 23.7 Å². The Kier molecular flexibility index (Phi) is 12.0. The van der Waals surface area contributed by atoms with Gasteiger partial charge in [0.15, 0.2) is 0 Å². The molecule has 2 saturated carbocycles. The van der Waals surface area contributed by atoms with Crippen LogP contribution in [0.25, 0.3) is 0 Å². The highest BCUT2D eigenvalue weighted by Gasteiger charge is 2.17. The van der Waals surface area contributed by atoms with Crippen LogP contribution in [0.5, 0.6) is 0 Å². The average molecular weight is 359 g/mol. The lowest BCUT2D eigenvalue weighted by atomic mass is 9.80. The fraction of sp³-hybridized carbons (Fsp3) is 0.769. The fourth-order valence-electron chi connectivity index (χ4n) is 4.11. The van der Waals surface area contributed by atoms with Crippen LogP contribution in [0.2, 0.25) is 0 Å². The molecule has 0 unspecified atom stereocenters. The molecule has 0 nitrogen and oxygen atoms in total. The van der Waals surface area contributed by atoms with Gasteiger partial charge in [0.25, 0.3) is 0 Å². The van der Waals surface area contributed by atoms with E-state index >= 15 is 0 Å². The summed E-state index contributed by atoms with van der Waals surface area (Å²) in [6.07, 6.45) is 14.8. The number of hydrogen-bond donors (Lipinski definition) is 0. The van der Waals surface area contributed by atoms with Crippen molar-refractivity contribution in [3.05, 3.63) is 35.4 Å². The van der Waals surface area contributed by atoms with Crippen molar-refractivity contribution in [3.63, 3.8) is 0 Å². The lowest BCUT2D eigenvalue weighted by Gasteiger charge is -2.26. The molecule has 0 radical (unpaired) electrons. The minimum Gasteiger partial charge on any atom is -0.0651 e. The molecule has 1 aromatic carbocycles. The van der Waals surface area contributed by atoms with E-state index in [-0.39, 0.29) is 0 Å². The monoisotopic (exact) mass is 358 g/mol. The van der Waals surface area contributed by atoms with Crippen molar-refractivity contribution in [3.8, 4) is 0 Å². The van der Waals surface area contributed by atoms with Crippen molar-refractivity contribution in [2.45, 2.75) is 106 Å². The first kappa shape index (κ1) is 23.3. The molecule has 150 valence electrons. The molecule has 0 heterocycles. The van der Waals surface area contributed by atoms with Gasteiger partial charge in [-0.05, 0) is 37.5 Å². The molecule has 2 fully saturated rings. The van der Waals surface area contributed by atoms with Gasteiger partial charge in [0.05, 0.1) is 0 Å². The van der Waals surface area contributed by atoms with Crippen LogP contribution in [0.3, 0.4) is 0 Å². The predicted molar refractivity (Wildman–Crippen MR) is 119 cm³/mol. The topological polar surface area (TPSA) is 0 Å². The van der Waals surface area contributed by atoms with Crippen molar-refractivity contribution in [1.82, 2.24) is 0 Å². The number of rotatable bonds is 2. The van der Waals surface area contributed by atoms with E-state index in [1.165, 1.54) is 75.3 Å². The van der Waals surface area contributed by atoms with Crippen LogP contribution >= 0.6 is 0 Å². The van der Waals surface area contributed by atoms with Gasteiger partial charge in [-0.3, -0.25) is 0 Å². The first-order chi connectivity index (χ1) is 12.4. The third-order valence-electron chi connectivity index (χ3n) is 6.64. The van der Waals surface area contributed by atoms with E-state index in [1.807, 2.05) is 0 Å². The molecule has 0 amide bonds. The van der Waals surface area contributed by atoms with E-state index < -0.39 is 0 Å². The highest BCUT2D eigenvalue weighted by molar-refractivity contribution is 5.19. The molecule has 0 aromatic heterocycles. The van der Waals surface area contributed by atoms with Gasteiger partial charge < -0.3 is 0 Å². The fourth-order valence-corrected chi connectivity index (χ4v) is 4.11. The summed E-state index contributed by atoms with van der Waals surface area (Å²) in [6.45, 7) is 13.6. The van der Waals surface area contributed by atoms with Gasteiger partial charge >= 0.3 is 0 Å². The van der Waals surface area contributed by atoms with Gasteiger partial charge in [-0.2, -0.15) is 0 Å². The van der Waals surface area contributed by atoms with Crippen LogP contribution in [0.4, 0.5) is 0 Å². The Morgan fingerprint density at radius 1 is 0.577 bits per heavy atom. The Balaban J connectivity index is 0.000000197. The van der Waals surface area contributed by atoms with E-state index in [0.29, 0.717) is 0 Å². The summed E-state index contributed by atoms with van der Waals surface area (Å²) in [4.78, 5) is 0. The summed E-state index contributed by atoms with van der Waals surface area (Å²) in [5.74, 6) is 4.18. The van der Waals surface area contributed by atoms with E-state index in [0.717, 1.165) is 23.7 Å². The maximum atomic E-state index is 2.37. The van der Waals surface area contributed by atoms with Gasteiger partial charge in [0, 0.05) is 0 Å². The largest absolute Gasteiger partial charge is 0.0651 e. The van der Waals surface area contributed by atoms with Crippen LogP contribution < -0.4 is 0 Å². The lowest BCUT2D eigenvalue weighted by Crippen LogP contribution is -2.12. The quantitative estimate of drug-likeness (QED) is 0.495. The molecule has 3 rings (SSSR count). The Bertz CT molecular complexity index is 385. The van der Waals surface area contributed by atoms with Gasteiger partial charge in [-0.15, -0.1) is 0 Å². The maximum absolute atomic E-state index is 2.37. The highest BCUT2D eigenvalue weighted by atomic mass is 14.2. The molecular weight excluding hydrogens is 312 g/mol. The zero-order chi connectivity index (χ0) is 19.4. The van der Waals surface area contributed by atoms with Crippen LogP contribution in [0.15, 0.2) is 24.3 Å². The molecular formula is C26H46. The van der Waals surface area contributed by atoms with E-state index in [2.05, 4.69) is 65.8 Å². The van der Waals surface area contributed by atoms with Crippen LogP contribution in [0, 0.1) is 37.5 Å². The van der Waals surface area contributed by atoms with Crippen molar-refractivity contribution in [1.29, 1.82) is 0 Å². The van der Waals surface area contributed by atoms with E-state index in [9.17, 15) is 0 Å². The van der Waals surface area contributed by atoms with Gasteiger partial charge in [-0.1, -0.05) is 127 Å². The normalized spacial score (nSPS) is 28.2. The summed E-state index contributed by atoms with van der Waals surface area (Å²) in [6, 6.07) is 8.48. The predicted octanol–water partition coefficient (Wildman–Crippen LogP) is 8.75. The number of hydrogen-bond acceptors (Lipinski definition) is 0. The minimum atomic E-state index is 1.02. The van der Waals surface area contributed by atoms with Gasteiger partial charge in [0.2, 0.25) is 0 Å². The van der Waals surface area contributed by atoms with E-state index in [4.69, 9.17) is 0 Å². The highest BCUT2D eigenvalue weighted by Crippen LogP contribution is 2.31. The molecule has 0 spiro atoms. The zero-order valence-electron chi connectivity index (χ0n) is 18.7. The Morgan fingerprint density at radius 3 is 1.08 bits per heavy atom. The van der Waals surface area contributed by atoms with Crippen molar-refractivity contribution in [2.75, 3.05) is 0 Å². The molecule has 0 bridgehead atoms. The third-order valence-corrected chi connectivity index (χ3v) is 6.64. The van der Waals surface area contributed by atoms with Gasteiger partial charge in [0.1, 0.15) is 0 Å². The molecule has 1 aromatic rings. The molecule has 2 aliphatic rings. The minimum absolute atomic E-state index is 1.02. The van der Waals surface area contributed by atoms with E-state index in [1.54, 1.807) is 0 Å². The smallest absolute Gasteiger partial charge is 0.0398 e. The summed E-state index contributed by atoms with van der Waals surface area (Å²) in [5, 5.41) is 0. The first-order valence-electron chi connectivity index (χ1n) is 11.5. The molecule has 2 aliphatic carbocycles. The lowest BCUT2D eigenvalue weighted by molar-refractivity contribution is 0.264. The second-order valence-corrected chi connectivity index (χ2v) is 9.22. The SMILES string of the molecule is CC1CCC(C)CC1.CCC1CCC(CC)CC1.Cc1ccc(C)cc1. The van der Waals surface area contributed by atoms with Crippen LogP contribution in [-0.2, 0) is 0 Å². The average Bonchev–Trinajstić information content (AvgIpc) is 2.67. The zero-order valence-corrected chi connectivity index (χ0v) is 18.7. The molecule has 0 atom stereocenters. The maximum Gasteiger partial charge on any atom is -0.0398 e. The van der Waals surface area contributed by atoms with Crippen molar-refractivity contribution < 1.29 is 0 Å². The molecule has 0 saturated heterocycles. The molecule has 0 heteroatoms. The summed E-state index contributed by atoms with van der Waals surface area (Å²) in [7, 11) is 0. The summed E-state index contributed by atoms with van der Waals surface area (Å²) >= 11 is 0. The Morgan fingerprint density at radius 2 is 0.846 bits per heavy atom. The van der Waals surface area contributed by atoms with Gasteiger partial charge in [-0.25, -0.2) is 0 Å². The van der Waals surface area contributed by atoms with Crippen LogP contribution in [0.1, 0.15) is 103 Å². The van der Waals surface area contributed by atoms with Crippen molar-refractivity contribution >= 4 is 0 Å². The first-order valence-corrected chi connectivity index (χ1v) is 11.5. The Hall–Kier alpha value is -0.780. The third kappa shape index (κ3) is 10.4. The summed E-state index contributed by atoms with van der Waals surface area (Å²) in [5.41, 5.74) is 2.66. The molecule has 0 aliphatic heterocycles. The number of benzene rings is 1. The second-order valence-electron chi connectivity index (χ2n) is 9.22. The standard InChI is InChI=1S/C10H20.C8H16.C8H10/c1-3-9-5-7-10(4-2)8-6-9;2*1-7-3-5-8(2)6-4-7/h9-10H,3-8H2,1-2H3;7-8H,3-6H2,1-2H3;3-6H,1-2H3. The second kappa shape index (κ2) is 13.4. The summed E-state index contributed by atoms with van der Waals surface area (Å²) < 4.78 is 0. The molecule has 26 heavy (non-hydrogen) atoms. The number of aryl methyl sites for hydroxylation is 2. The molecule has 0 N–H and O–H groups in total. The van der Waals surface area contributed by atoms with Crippen LogP contribution in [-0.4, -0.2) is 0 Å².